The first-order valence-electron chi connectivity index (χ1n) is 7.11. The van der Waals surface area contributed by atoms with E-state index in [2.05, 4.69) is 20.6 Å². The maximum atomic E-state index is 11.4. The van der Waals surface area contributed by atoms with E-state index in [0.717, 1.165) is 25.9 Å². The Labute approximate surface area is 128 Å². The van der Waals surface area contributed by atoms with E-state index in [0.29, 0.717) is 24.0 Å². The lowest BCUT2D eigenvalue weighted by atomic mass is 9.96. The minimum Gasteiger partial charge on any atom is -0.354 e. The first kappa shape index (κ1) is 15.7. The summed E-state index contributed by atoms with van der Waals surface area (Å²) in [5.41, 5.74) is 0.328. The number of nitrogens with zero attached hydrogens (tertiary/aromatic N) is 4. The van der Waals surface area contributed by atoms with Gasteiger partial charge in [-0.2, -0.15) is 5.26 Å². The van der Waals surface area contributed by atoms with E-state index in [1.54, 1.807) is 6.20 Å². The van der Waals surface area contributed by atoms with Gasteiger partial charge in [0.15, 0.2) is 11.5 Å². The van der Waals surface area contributed by atoms with Crippen molar-refractivity contribution in [2.75, 3.05) is 31.6 Å². The first-order valence-corrected chi connectivity index (χ1v) is 7.11. The van der Waals surface area contributed by atoms with Crippen LogP contribution in [0.5, 0.6) is 0 Å². The van der Waals surface area contributed by atoms with Crippen LogP contribution in [-0.4, -0.2) is 48.5 Å². The SMILES string of the molecule is CNC(=O)C(=O)NCC1CCN(c2nccnc2C#N)CC1. The molecule has 0 bridgehead atoms. The monoisotopic (exact) mass is 302 g/mol. The van der Waals surface area contributed by atoms with Crippen LogP contribution >= 0.6 is 0 Å². The van der Waals surface area contributed by atoms with Crippen molar-refractivity contribution in [1.29, 1.82) is 5.26 Å². The van der Waals surface area contributed by atoms with E-state index in [1.807, 2.05) is 11.0 Å². The number of hydrogen-bond acceptors (Lipinski definition) is 6. The van der Waals surface area contributed by atoms with E-state index in [9.17, 15) is 9.59 Å². The molecule has 0 saturated carbocycles. The second-order valence-corrected chi connectivity index (χ2v) is 5.06. The normalized spacial score (nSPS) is 15.0. The van der Waals surface area contributed by atoms with Gasteiger partial charge in [-0.25, -0.2) is 9.97 Å². The maximum Gasteiger partial charge on any atom is 0.309 e. The fraction of sp³-hybridized carbons (Fsp3) is 0.500. The number of nitriles is 1. The Bertz CT molecular complexity index is 589. The third-order valence-corrected chi connectivity index (χ3v) is 3.68. The Balaban J connectivity index is 1.85. The van der Waals surface area contributed by atoms with Gasteiger partial charge in [0.1, 0.15) is 6.07 Å². The predicted octanol–water partition coefficient (Wildman–Crippen LogP) is -0.573. The zero-order valence-electron chi connectivity index (χ0n) is 12.4. The van der Waals surface area contributed by atoms with Crippen molar-refractivity contribution in [1.82, 2.24) is 20.6 Å². The van der Waals surface area contributed by atoms with E-state index in [4.69, 9.17) is 5.26 Å². The highest BCUT2D eigenvalue weighted by atomic mass is 16.2. The van der Waals surface area contributed by atoms with Crippen molar-refractivity contribution in [2.24, 2.45) is 5.92 Å². The van der Waals surface area contributed by atoms with Crippen LogP contribution in [0.4, 0.5) is 5.82 Å². The molecule has 0 aliphatic carbocycles. The number of anilines is 1. The highest BCUT2D eigenvalue weighted by Crippen LogP contribution is 2.22. The lowest BCUT2D eigenvalue weighted by molar-refractivity contribution is -0.139. The van der Waals surface area contributed by atoms with Crippen LogP contribution in [0.15, 0.2) is 12.4 Å². The molecule has 0 spiro atoms. The van der Waals surface area contributed by atoms with Crippen molar-refractivity contribution in [3.8, 4) is 6.07 Å². The summed E-state index contributed by atoms with van der Waals surface area (Å²) in [4.78, 5) is 32.8. The fourth-order valence-corrected chi connectivity index (χ4v) is 2.42. The number of nitrogens with one attached hydrogen (secondary N) is 2. The number of likely N-dealkylation sites (N-methyl/N-ethyl adjacent to an activating group) is 1. The van der Waals surface area contributed by atoms with Gasteiger partial charge in [-0.15, -0.1) is 0 Å². The lowest BCUT2D eigenvalue weighted by Crippen LogP contribution is -2.43. The summed E-state index contributed by atoms with van der Waals surface area (Å²) >= 11 is 0. The Hall–Kier alpha value is -2.69. The molecule has 2 rings (SSSR count). The summed E-state index contributed by atoms with van der Waals surface area (Å²) in [6.07, 6.45) is 4.79. The number of carbonyl (C=O) groups excluding carboxylic acids is 2. The third-order valence-electron chi connectivity index (χ3n) is 3.68. The predicted molar refractivity (Wildman–Crippen MR) is 78.8 cm³/mol. The molecule has 0 radical (unpaired) electrons. The Morgan fingerprint density at radius 3 is 2.64 bits per heavy atom. The first-order chi connectivity index (χ1) is 10.7. The Morgan fingerprint density at radius 1 is 1.32 bits per heavy atom. The Morgan fingerprint density at radius 2 is 2.00 bits per heavy atom. The highest BCUT2D eigenvalue weighted by Gasteiger charge is 2.23. The fourth-order valence-electron chi connectivity index (χ4n) is 2.42. The topological polar surface area (TPSA) is 111 Å². The second kappa shape index (κ2) is 7.36. The van der Waals surface area contributed by atoms with Crippen molar-refractivity contribution < 1.29 is 9.59 Å². The van der Waals surface area contributed by atoms with Crippen LogP contribution in [0.1, 0.15) is 18.5 Å². The number of piperidine rings is 1. The molecular formula is C14H18N6O2. The van der Waals surface area contributed by atoms with Crippen LogP contribution in [0.2, 0.25) is 0 Å². The summed E-state index contributed by atoms with van der Waals surface area (Å²) in [5, 5.41) is 14.0. The highest BCUT2D eigenvalue weighted by molar-refractivity contribution is 6.34. The molecule has 2 N–H and O–H groups in total. The van der Waals surface area contributed by atoms with E-state index in [1.165, 1.54) is 13.2 Å². The summed E-state index contributed by atoms with van der Waals surface area (Å²) in [5.74, 6) is -0.314. The zero-order valence-corrected chi connectivity index (χ0v) is 12.4. The standard InChI is InChI=1S/C14H18N6O2/c1-16-13(21)14(22)19-9-10-2-6-20(7-3-10)12-11(8-15)17-4-5-18-12/h4-5,10H,2-3,6-7,9H2,1H3,(H,16,21)(H,19,22). The number of amides is 2. The van der Waals surface area contributed by atoms with Crippen LogP contribution in [0, 0.1) is 17.2 Å². The number of hydrogen-bond donors (Lipinski definition) is 2. The van der Waals surface area contributed by atoms with Gasteiger partial charge in [0.25, 0.3) is 0 Å². The van der Waals surface area contributed by atoms with Gasteiger partial charge in [0.05, 0.1) is 0 Å². The molecule has 1 aromatic heterocycles. The molecule has 1 aliphatic heterocycles. The largest absolute Gasteiger partial charge is 0.354 e. The van der Waals surface area contributed by atoms with E-state index in [-0.39, 0.29) is 0 Å². The molecule has 8 nitrogen and oxygen atoms in total. The molecule has 1 saturated heterocycles. The summed E-state index contributed by atoms with van der Waals surface area (Å²) in [7, 11) is 1.42. The molecule has 0 atom stereocenters. The maximum absolute atomic E-state index is 11.4. The van der Waals surface area contributed by atoms with Crippen LogP contribution in [-0.2, 0) is 9.59 Å². The van der Waals surface area contributed by atoms with Crippen LogP contribution in [0.25, 0.3) is 0 Å². The quantitative estimate of drug-likeness (QED) is 0.723. The molecule has 2 amide bonds. The average Bonchev–Trinajstić information content (AvgIpc) is 2.59. The zero-order chi connectivity index (χ0) is 15.9. The van der Waals surface area contributed by atoms with Gasteiger partial charge >= 0.3 is 11.8 Å². The molecule has 8 heteroatoms. The number of carbonyl (C=O) groups is 2. The number of aromatic nitrogens is 2. The summed E-state index contributed by atoms with van der Waals surface area (Å²) in [6.45, 7) is 1.97. The van der Waals surface area contributed by atoms with Crippen molar-refractivity contribution >= 4 is 17.6 Å². The van der Waals surface area contributed by atoms with Crippen LogP contribution in [0.3, 0.4) is 0 Å². The van der Waals surface area contributed by atoms with Crippen molar-refractivity contribution in [3.05, 3.63) is 18.1 Å². The minimum atomic E-state index is -0.629. The molecule has 1 fully saturated rings. The second-order valence-electron chi connectivity index (χ2n) is 5.06. The Kier molecular flexibility index (Phi) is 5.25. The van der Waals surface area contributed by atoms with Gasteiger partial charge in [0, 0.05) is 39.1 Å². The van der Waals surface area contributed by atoms with Gasteiger partial charge in [-0.3, -0.25) is 9.59 Å². The number of rotatable bonds is 3. The molecule has 22 heavy (non-hydrogen) atoms. The van der Waals surface area contributed by atoms with E-state index >= 15 is 0 Å². The van der Waals surface area contributed by atoms with Crippen LogP contribution < -0.4 is 15.5 Å². The van der Waals surface area contributed by atoms with Crippen molar-refractivity contribution in [3.63, 3.8) is 0 Å². The molecular weight excluding hydrogens is 284 g/mol. The van der Waals surface area contributed by atoms with Gasteiger partial charge in [0.2, 0.25) is 0 Å². The van der Waals surface area contributed by atoms with Crippen molar-refractivity contribution in [2.45, 2.75) is 12.8 Å². The van der Waals surface area contributed by atoms with Gasteiger partial charge < -0.3 is 15.5 Å². The van der Waals surface area contributed by atoms with Gasteiger partial charge in [-0.1, -0.05) is 0 Å². The summed E-state index contributed by atoms with van der Waals surface area (Å²) < 4.78 is 0. The molecule has 116 valence electrons. The molecule has 1 aromatic rings. The molecule has 1 aliphatic rings. The summed E-state index contributed by atoms with van der Waals surface area (Å²) in [6, 6.07) is 2.05. The average molecular weight is 302 g/mol. The lowest BCUT2D eigenvalue weighted by Gasteiger charge is -2.32. The molecule has 0 aromatic carbocycles. The van der Waals surface area contributed by atoms with E-state index < -0.39 is 11.8 Å². The third kappa shape index (κ3) is 3.69. The minimum absolute atomic E-state index is 0.312. The molecule has 2 heterocycles. The molecule has 0 unspecified atom stereocenters. The van der Waals surface area contributed by atoms with Gasteiger partial charge in [-0.05, 0) is 18.8 Å². The smallest absolute Gasteiger partial charge is 0.309 e.